The number of hydrogen-bond donors (Lipinski definition) is 1. The Morgan fingerprint density at radius 2 is 1.71 bits per heavy atom. The van der Waals surface area contributed by atoms with Crippen molar-refractivity contribution in [2.75, 3.05) is 13.1 Å². The van der Waals surface area contributed by atoms with Gasteiger partial charge in [-0.15, -0.1) is 0 Å². The first kappa shape index (κ1) is 28.3. The van der Waals surface area contributed by atoms with Crippen LogP contribution in [0.3, 0.4) is 0 Å². The second-order valence-electron chi connectivity index (χ2n) is 10.7. The minimum absolute atomic E-state index is 0.116. The number of pyridine rings is 1. The maximum atomic E-state index is 13.4. The molecule has 1 aliphatic heterocycles. The highest BCUT2D eigenvalue weighted by molar-refractivity contribution is 5.94. The number of alkyl halides is 3. The van der Waals surface area contributed by atoms with Crippen molar-refractivity contribution < 1.29 is 27.6 Å². The van der Waals surface area contributed by atoms with Crippen LogP contribution in [0.1, 0.15) is 48.2 Å². The predicted octanol–water partition coefficient (Wildman–Crippen LogP) is 5.05. The van der Waals surface area contributed by atoms with Crippen molar-refractivity contribution in [3.63, 3.8) is 0 Å². The van der Waals surface area contributed by atoms with E-state index in [2.05, 4.69) is 10.1 Å². The van der Waals surface area contributed by atoms with E-state index in [9.17, 15) is 27.9 Å². The standard InChI is InChI=1S/C30H29F3N4O4/c1-29(2,30(31,32)33)23-9-6-20(7-10-23)26-34-27(41-35-26)22-8-11-25(39)37(18-22)17-19-4-3-5-21(16-19)28(40)36-14-12-24(38)13-15-36/h3-11,16,18,24,38H,12-15,17H2,1-2H3. The third kappa shape index (κ3) is 5.95. The van der Waals surface area contributed by atoms with Crippen LogP contribution in [-0.4, -0.2) is 56.0 Å². The van der Waals surface area contributed by atoms with E-state index < -0.39 is 11.6 Å². The van der Waals surface area contributed by atoms with Gasteiger partial charge in [0.2, 0.25) is 5.82 Å². The molecule has 3 heterocycles. The van der Waals surface area contributed by atoms with Crippen molar-refractivity contribution in [3.8, 4) is 22.8 Å². The molecule has 4 aromatic rings. The molecule has 1 fully saturated rings. The molecule has 0 unspecified atom stereocenters. The van der Waals surface area contributed by atoms with Gasteiger partial charge in [-0.1, -0.05) is 41.6 Å². The van der Waals surface area contributed by atoms with Gasteiger partial charge in [0.25, 0.3) is 17.4 Å². The summed E-state index contributed by atoms with van der Waals surface area (Å²) in [5.74, 6) is 0.225. The Kier molecular flexibility index (Phi) is 7.56. The van der Waals surface area contributed by atoms with Crippen LogP contribution in [0.15, 0.2) is 76.2 Å². The number of halogens is 3. The quantitative estimate of drug-likeness (QED) is 0.351. The lowest BCUT2D eigenvalue weighted by atomic mass is 9.83. The summed E-state index contributed by atoms with van der Waals surface area (Å²) in [5.41, 5.74) is 0.0700. The molecule has 1 aliphatic rings. The maximum Gasteiger partial charge on any atom is 0.397 e. The summed E-state index contributed by atoms with van der Waals surface area (Å²) in [6, 6.07) is 15.8. The predicted molar refractivity (Wildman–Crippen MR) is 145 cm³/mol. The Labute approximate surface area is 234 Å². The van der Waals surface area contributed by atoms with Gasteiger partial charge in [0.05, 0.1) is 23.6 Å². The zero-order valence-electron chi connectivity index (χ0n) is 22.6. The molecule has 8 nitrogen and oxygen atoms in total. The Bertz CT molecular complexity index is 1600. The van der Waals surface area contributed by atoms with Gasteiger partial charge < -0.3 is 19.1 Å². The molecule has 11 heteroatoms. The molecule has 1 saturated heterocycles. The molecule has 1 N–H and O–H groups in total. The van der Waals surface area contributed by atoms with Gasteiger partial charge >= 0.3 is 6.18 Å². The number of aliphatic hydroxyl groups is 1. The highest BCUT2D eigenvalue weighted by atomic mass is 19.4. The molecule has 0 spiro atoms. The third-order valence-corrected chi connectivity index (χ3v) is 7.51. The molecule has 0 radical (unpaired) electrons. The van der Waals surface area contributed by atoms with Crippen molar-refractivity contribution in [3.05, 3.63) is 93.9 Å². The van der Waals surface area contributed by atoms with Crippen LogP contribution in [0.2, 0.25) is 0 Å². The van der Waals surface area contributed by atoms with E-state index in [0.717, 1.165) is 19.4 Å². The number of carbonyl (C=O) groups is 1. The number of aliphatic hydroxyl groups excluding tert-OH is 1. The zero-order valence-corrected chi connectivity index (χ0v) is 22.6. The lowest BCUT2D eigenvalue weighted by Gasteiger charge is -2.29. The summed E-state index contributed by atoms with van der Waals surface area (Å²) in [5, 5.41) is 13.7. The van der Waals surface area contributed by atoms with Crippen molar-refractivity contribution in [1.29, 1.82) is 0 Å². The summed E-state index contributed by atoms with van der Waals surface area (Å²) < 4.78 is 47.0. The Morgan fingerprint density at radius 3 is 2.39 bits per heavy atom. The number of carbonyl (C=O) groups excluding carboxylic acids is 1. The summed E-state index contributed by atoms with van der Waals surface area (Å²) >= 11 is 0. The van der Waals surface area contributed by atoms with Crippen LogP contribution in [0.4, 0.5) is 13.2 Å². The first-order valence-corrected chi connectivity index (χ1v) is 13.2. The van der Waals surface area contributed by atoms with E-state index in [0.29, 0.717) is 42.6 Å². The molecular formula is C30H29F3N4O4. The van der Waals surface area contributed by atoms with Gasteiger partial charge in [-0.05, 0) is 56.0 Å². The number of nitrogens with zero attached hydrogens (tertiary/aromatic N) is 4. The second-order valence-corrected chi connectivity index (χ2v) is 10.7. The van der Waals surface area contributed by atoms with E-state index in [1.54, 1.807) is 35.4 Å². The number of piperidine rings is 1. The SMILES string of the molecule is CC(C)(c1ccc(-c2noc(-c3ccc(=O)n(Cc4cccc(C(=O)N5CCC(O)CC5)c4)c3)n2)cc1)C(F)(F)F. The van der Waals surface area contributed by atoms with Crippen LogP contribution in [0.5, 0.6) is 0 Å². The van der Waals surface area contributed by atoms with Crippen LogP contribution in [0.25, 0.3) is 22.8 Å². The maximum absolute atomic E-state index is 13.4. The van der Waals surface area contributed by atoms with Gasteiger partial charge in [-0.25, -0.2) is 0 Å². The smallest absolute Gasteiger partial charge is 0.393 e. The van der Waals surface area contributed by atoms with Gasteiger partial charge in [0, 0.05) is 36.5 Å². The Balaban J connectivity index is 1.33. The van der Waals surface area contributed by atoms with E-state index in [1.165, 1.54) is 34.9 Å². The molecule has 214 valence electrons. The molecule has 5 rings (SSSR count). The molecular weight excluding hydrogens is 537 g/mol. The molecule has 2 aromatic carbocycles. The van der Waals surface area contributed by atoms with Crippen molar-refractivity contribution in [2.45, 2.75) is 50.9 Å². The second kappa shape index (κ2) is 11.0. The average molecular weight is 567 g/mol. The average Bonchev–Trinajstić information content (AvgIpc) is 3.44. The van der Waals surface area contributed by atoms with Crippen LogP contribution < -0.4 is 5.56 Å². The molecule has 0 bridgehead atoms. The number of benzene rings is 2. The van der Waals surface area contributed by atoms with Crippen molar-refractivity contribution >= 4 is 5.91 Å². The molecule has 41 heavy (non-hydrogen) atoms. The number of likely N-dealkylation sites (tertiary alicyclic amines) is 1. The van der Waals surface area contributed by atoms with Crippen molar-refractivity contribution in [1.82, 2.24) is 19.6 Å². The van der Waals surface area contributed by atoms with E-state index in [-0.39, 0.29) is 41.4 Å². The topological polar surface area (TPSA) is 101 Å². The monoisotopic (exact) mass is 566 g/mol. The van der Waals surface area contributed by atoms with Gasteiger partial charge in [0.15, 0.2) is 0 Å². The van der Waals surface area contributed by atoms with Crippen molar-refractivity contribution in [2.24, 2.45) is 0 Å². The normalized spacial score (nSPS) is 14.8. The molecule has 0 atom stereocenters. The summed E-state index contributed by atoms with van der Waals surface area (Å²) in [7, 11) is 0. The fraction of sp³-hybridized carbons (Fsp3) is 0.333. The number of amides is 1. The van der Waals surface area contributed by atoms with Crippen LogP contribution in [-0.2, 0) is 12.0 Å². The first-order valence-electron chi connectivity index (χ1n) is 13.2. The molecule has 1 amide bonds. The van der Waals surface area contributed by atoms with E-state index >= 15 is 0 Å². The van der Waals surface area contributed by atoms with Crippen LogP contribution >= 0.6 is 0 Å². The van der Waals surface area contributed by atoms with Gasteiger partial charge in [-0.2, -0.15) is 18.2 Å². The molecule has 2 aromatic heterocycles. The lowest BCUT2D eigenvalue weighted by molar-refractivity contribution is -0.180. The fourth-order valence-corrected chi connectivity index (χ4v) is 4.69. The van der Waals surface area contributed by atoms with Crippen LogP contribution in [0, 0.1) is 0 Å². The zero-order chi connectivity index (χ0) is 29.4. The number of hydrogen-bond acceptors (Lipinski definition) is 6. The minimum Gasteiger partial charge on any atom is -0.393 e. The highest BCUT2D eigenvalue weighted by Gasteiger charge is 2.48. The van der Waals surface area contributed by atoms with E-state index in [4.69, 9.17) is 4.52 Å². The third-order valence-electron chi connectivity index (χ3n) is 7.51. The summed E-state index contributed by atoms with van der Waals surface area (Å²) in [6.07, 6.45) is -2.10. The van der Waals surface area contributed by atoms with E-state index in [1.807, 2.05) is 6.07 Å². The number of rotatable bonds is 6. The number of aromatic nitrogens is 3. The fourth-order valence-electron chi connectivity index (χ4n) is 4.69. The highest BCUT2D eigenvalue weighted by Crippen LogP contribution is 2.40. The van der Waals surface area contributed by atoms with Gasteiger partial charge in [-0.3, -0.25) is 9.59 Å². The summed E-state index contributed by atoms with van der Waals surface area (Å²) in [6.45, 7) is 3.43. The Hall–Kier alpha value is -4.25. The first-order chi connectivity index (χ1) is 19.4. The minimum atomic E-state index is -4.40. The largest absolute Gasteiger partial charge is 0.397 e. The van der Waals surface area contributed by atoms with Gasteiger partial charge in [0.1, 0.15) is 0 Å². The molecule has 0 aliphatic carbocycles. The molecule has 0 saturated carbocycles. The lowest BCUT2D eigenvalue weighted by Crippen LogP contribution is -2.40. The Morgan fingerprint density at radius 1 is 1.02 bits per heavy atom. The summed E-state index contributed by atoms with van der Waals surface area (Å²) in [4.78, 5) is 31.7.